The molecule has 0 saturated carbocycles. The Kier molecular flexibility index (Phi) is 3.80. The highest BCUT2D eigenvalue weighted by Gasteiger charge is 2.30. The van der Waals surface area contributed by atoms with E-state index in [0.29, 0.717) is 5.76 Å². The third kappa shape index (κ3) is 3.29. The first-order valence-corrected chi connectivity index (χ1v) is 5.58. The monoisotopic (exact) mass is 271 g/mol. The molecule has 0 fully saturated rings. The van der Waals surface area contributed by atoms with Gasteiger partial charge in [-0.1, -0.05) is 6.07 Å². The topological polar surface area (TPSA) is 48.4 Å². The van der Waals surface area contributed by atoms with Crippen LogP contribution >= 0.6 is 0 Å². The zero-order chi connectivity index (χ0) is 13.9. The van der Waals surface area contributed by atoms with Crippen LogP contribution in [0.1, 0.15) is 17.4 Å². The zero-order valence-electron chi connectivity index (χ0n) is 9.85. The molecule has 2 aromatic rings. The Bertz CT molecular complexity index is 523. The van der Waals surface area contributed by atoms with Gasteiger partial charge in [0.15, 0.2) is 6.10 Å². The number of hydrogen-bond donors (Lipinski definition) is 1. The van der Waals surface area contributed by atoms with Gasteiger partial charge in [-0.05, 0) is 30.3 Å². The minimum Gasteiger partial charge on any atom is -0.481 e. The van der Waals surface area contributed by atoms with Gasteiger partial charge < -0.3 is 14.9 Å². The summed E-state index contributed by atoms with van der Waals surface area (Å²) in [6, 6.07) is 7.97. The van der Waals surface area contributed by atoms with Gasteiger partial charge in [0.05, 0.1) is 11.8 Å². The normalized spacial score (nSPS) is 13.3. The van der Waals surface area contributed by atoms with Crippen LogP contribution in [-0.2, 0) is 6.18 Å². The predicted octanol–water partition coefficient (Wildman–Crippen LogP) is 3.38. The first-order chi connectivity index (χ1) is 9.00. The molecule has 0 aliphatic carbocycles. The van der Waals surface area contributed by atoms with Crippen molar-refractivity contribution in [2.24, 2.45) is 5.73 Å². The van der Waals surface area contributed by atoms with Crippen LogP contribution in [0.2, 0.25) is 0 Å². The molecule has 19 heavy (non-hydrogen) atoms. The lowest BCUT2D eigenvalue weighted by atomic mass is 10.2. The SMILES string of the molecule is NCC(Oc1cccc(C(F)(F)F)c1)c1ccco1. The molecule has 0 spiro atoms. The Balaban J connectivity index is 2.19. The molecule has 1 heterocycles. The Morgan fingerprint density at radius 3 is 2.58 bits per heavy atom. The third-order valence-corrected chi connectivity index (χ3v) is 2.51. The molecule has 2 rings (SSSR count). The summed E-state index contributed by atoms with van der Waals surface area (Å²) < 4.78 is 48.2. The van der Waals surface area contributed by atoms with E-state index in [1.807, 2.05) is 0 Å². The van der Waals surface area contributed by atoms with Crippen molar-refractivity contribution in [3.63, 3.8) is 0 Å². The van der Waals surface area contributed by atoms with Crippen LogP contribution in [0, 0.1) is 0 Å². The number of hydrogen-bond acceptors (Lipinski definition) is 3. The van der Waals surface area contributed by atoms with E-state index in [1.165, 1.54) is 18.4 Å². The van der Waals surface area contributed by atoms with Gasteiger partial charge >= 0.3 is 6.18 Å². The van der Waals surface area contributed by atoms with Crippen molar-refractivity contribution in [3.8, 4) is 5.75 Å². The lowest BCUT2D eigenvalue weighted by Crippen LogP contribution is -2.18. The number of ether oxygens (including phenoxy) is 1. The maximum absolute atomic E-state index is 12.6. The van der Waals surface area contributed by atoms with Gasteiger partial charge in [-0.3, -0.25) is 0 Å². The summed E-state index contributed by atoms with van der Waals surface area (Å²) in [7, 11) is 0. The van der Waals surface area contributed by atoms with E-state index in [4.69, 9.17) is 14.9 Å². The fourth-order valence-corrected chi connectivity index (χ4v) is 1.61. The minimum absolute atomic E-state index is 0.0988. The van der Waals surface area contributed by atoms with E-state index in [1.54, 1.807) is 12.1 Å². The highest BCUT2D eigenvalue weighted by molar-refractivity contribution is 5.30. The van der Waals surface area contributed by atoms with Gasteiger partial charge in [-0.15, -0.1) is 0 Å². The highest BCUT2D eigenvalue weighted by Crippen LogP contribution is 2.32. The minimum atomic E-state index is -4.40. The molecule has 0 amide bonds. The van der Waals surface area contributed by atoms with Crippen LogP contribution in [0.3, 0.4) is 0 Å². The Labute approximate surface area is 107 Å². The Morgan fingerprint density at radius 1 is 1.21 bits per heavy atom. The Hall–Kier alpha value is -1.95. The molecule has 3 nitrogen and oxygen atoms in total. The number of furan rings is 1. The fraction of sp³-hybridized carbons (Fsp3) is 0.231. The second kappa shape index (κ2) is 5.36. The van der Waals surface area contributed by atoms with Crippen molar-refractivity contribution in [2.45, 2.75) is 12.3 Å². The smallest absolute Gasteiger partial charge is 0.416 e. The van der Waals surface area contributed by atoms with Gasteiger partial charge in [0, 0.05) is 6.54 Å². The second-order valence-corrected chi connectivity index (χ2v) is 3.88. The van der Waals surface area contributed by atoms with Gasteiger partial charge in [-0.2, -0.15) is 13.2 Å². The summed E-state index contributed by atoms with van der Waals surface area (Å²) in [5.41, 5.74) is 4.76. The largest absolute Gasteiger partial charge is 0.481 e. The van der Waals surface area contributed by atoms with Gasteiger partial charge in [0.1, 0.15) is 11.5 Å². The van der Waals surface area contributed by atoms with Crippen molar-refractivity contribution >= 4 is 0 Å². The summed E-state index contributed by atoms with van der Waals surface area (Å²) in [6.45, 7) is 0.101. The number of benzene rings is 1. The quantitative estimate of drug-likeness (QED) is 0.927. The molecule has 1 aromatic carbocycles. The van der Waals surface area contributed by atoms with Crippen molar-refractivity contribution < 1.29 is 22.3 Å². The van der Waals surface area contributed by atoms with Crippen molar-refractivity contribution in [2.75, 3.05) is 6.54 Å². The van der Waals surface area contributed by atoms with E-state index in [0.717, 1.165) is 12.1 Å². The van der Waals surface area contributed by atoms with Crippen molar-refractivity contribution in [3.05, 3.63) is 54.0 Å². The molecule has 1 unspecified atom stereocenters. The Morgan fingerprint density at radius 2 is 2.00 bits per heavy atom. The van der Waals surface area contributed by atoms with Gasteiger partial charge in [-0.25, -0.2) is 0 Å². The van der Waals surface area contributed by atoms with Gasteiger partial charge in [0.25, 0.3) is 0 Å². The standard InChI is InChI=1S/C13H12F3NO2/c14-13(15,16)9-3-1-4-10(7-9)19-12(8-17)11-5-2-6-18-11/h1-7,12H,8,17H2. The fourth-order valence-electron chi connectivity index (χ4n) is 1.61. The number of nitrogens with two attached hydrogens (primary N) is 1. The number of alkyl halides is 3. The molecule has 0 saturated heterocycles. The molecule has 6 heteroatoms. The van der Waals surface area contributed by atoms with Crippen LogP contribution in [0.5, 0.6) is 5.75 Å². The predicted molar refractivity (Wildman–Crippen MR) is 62.6 cm³/mol. The molecule has 0 radical (unpaired) electrons. The molecule has 0 bridgehead atoms. The van der Waals surface area contributed by atoms with E-state index < -0.39 is 17.8 Å². The van der Waals surface area contributed by atoms with E-state index in [2.05, 4.69) is 0 Å². The molecule has 2 N–H and O–H groups in total. The molecular formula is C13H12F3NO2. The van der Waals surface area contributed by atoms with Crippen molar-refractivity contribution in [1.29, 1.82) is 0 Å². The average Bonchev–Trinajstić information content (AvgIpc) is 2.89. The molecular weight excluding hydrogens is 259 g/mol. The van der Waals surface area contributed by atoms with Crippen molar-refractivity contribution in [1.82, 2.24) is 0 Å². The lowest BCUT2D eigenvalue weighted by molar-refractivity contribution is -0.137. The summed E-state index contributed by atoms with van der Waals surface area (Å²) in [5, 5.41) is 0. The maximum Gasteiger partial charge on any atom is 0.416 e. The average molecular weight is 271 g/mol. The first kappa shape index (κ1) is 13.5. The summed E-state index contributed by atoms with van der Waals surface area (Å²) in [4.78, 5) is 0. The molecule has 0 aliphatic rings. The van der Waals surface area contributed by atoms with Crippen LogP contribution in [-0.4, -0.2) is 6.54 Å². The third-order valence-electron chi connectivity index (χ3n) is 2.51. The van der Waals surface area contributed by atoms with Crippen LogP contribution in [0.25, 0.3) is 0 Å². The number of halogens is 3. The highest BCUT2D eigenvalue weighted by atomic mass is 19.4. The van der Waals surface area contributed by atoms with E-state index in [-0.39, 0.29) is 12.3 Å². The van der Waals surface area contributed by atoms with Crippen LogP contribution in [0.15, 0.2) is 47.1 Å². The molecule has 1 atom stereocenters. The number of rotatable bonds is 4. The zero-order valence-corrected chi connectivity index (χ0v) is 9.85. The molecule has 102 valence electrons. The molecule has 1 aromatic heterocycles. The second-order valence-electron chi connectivity index (χ2n) is 3.88. The molecule has 0 aliphatic heterocycles. The van der Waals surface area contributed by atoms with E-state index >= 15 is 0 Å². The maximum atomic E-state index is 12.6. The summed E-state index contributed by atoms with van der Waals surface area (Å²) in [6.07, 6.45) is -3.56. The summed E-state index contributed by atoms with van der Waals surface area (Å²) in [5.74, 6) is 0.571. The van der Waals surface area contributed by atoms with Gasteiger partial charge in [0.2, 0.25) is 0 Å². The van der Waals surface area contributed by atoms with Crippen LogP contribution < -0.4 is 10.5 Å². The lowest BCUT2D eigenvalue weighted by Gasteiger charge is -2.16. The van der Waals surface area contributed by atoms with E-state index in [9.17, 15) is 13.2 Å². The summed E-state index contributed by atoms with van der Waals surface area (Å²) >= 11 is 0. The first-order valence-electron chi connectivity index (χ1n) is 5.58. The van der Waals surface area contributed by atoms with Crippen LogP contribution in [0.4, 0.5) is 13.2 Å².